The lowest BCUT2D eigenvalue weighted by molar-refractivity contribution is -0.120. The highest BCUT2D eigenvalue weighted by molar-refractivity contribution is 5.80. The molecular formula is C16H22N2O. The average Bonchev–Trinajstić information content (AvgIpc) is 2.62. The fraction of sp³-hybridized carbons (Fsp3) is 0.688. The molecule has 2 N–H and O–H groups in total. The van der Waals surface area contributed by atoms with Gasteiger partial charge >= 0.3 is 0 Å². The molecule has 0 saturated carbocycles. The maximum Gasteiger partial charge on any atom is 0.224 e. The van der Waals surface area contributed by atoms with Crippen LogP contribution < -0.4 is 10.6 Å². The van der Waals surface area contributed by atoms with Crippen molar-refractivity contribution in [3.8, 4) is 0 Å². The van der Waals surface area contributed by atoms with E-state index >= 15 is 0 Å². The molecule has 2 heterocycles. The van der Waals surface area contributed by atoms with Crippen molar-refractivity contribution in [1.29, 1.82) is 0 Å². The summed E-state index contributed by atoms with van der Waals surface area (Å²) in [6.45, 7) is 3.45. The van der Waals surface area contributed by atoms with E-state index in [4.69, 9.17) is 0 Å². The van der Waals surface area contributed by atoms with Crippen molar-refractivity contribution in [2.24, 2.45) is 17.8 Å². The Bertz CT molecular complexity index is 491. The van der Waals surface area contributed by atoms with Crippen LogP contribution in [0.2, 0.25) is 0 Å². The third-order valence-electron chi connectivity index (χ3n) is 5.55. The van der Waals surface area contributed by atoms with E-state index in [2.05, 4.69) is 23.6 Å². The van der Waals surface area contributed by atoms with E-state index in [1.54, 1.807) is 0 Å². The topological polar surface area (TPSA) is 41.1 Å². The van der Waals surface area contributed by atoms with Crippen molar-refractivity contribution >= 4 is 5.91 Å². The molecule has 0 aromatic rings. The molecule has 102 valence electrons. The molecule has 2 aliphatic heterocycles. The van der Waals surface area contributed by atoms with Gasteiger partial charge in [-0.25, -0.2) is 0 Å². The van der Waals surface area contributed by atoms with Gasteiger partial charge in [-0.15, -0.1) is 0 Å². The lowest BCUT2D eigenvalue weighted by atomic mass is 9.67. The Morgan fingerprint density at radius 1 is 1.32 bits per heavy atom. The van der Waals surface area contributed by atoms with Gasteiger partial charge in [0.15, 0.2) is 0 Å². The lowest BCUT2D eigenvalue weighted by Crippen LogP contribution is -2.50. The molecule has 1 amide bonds. The minimum Gasteiger partial charge on any atom is -0.330 e. The second kappa shape index (κ2) is 4.20. The van der Waals surface area contributed by atoms with Gasteiger partial charge in [0.1, 0.15) is 0 Å². The monoisotopic (exact) mass is 258 g/mol. The summed E-state index contributed by atoms with van der Waals surface area (Å²) in [4.78, 5) is 11.7. The van der Waals surface area contributed by atoms with Crippen LogP contribution in [-0.4, -0.2) is 18.5 Å². The molecule has 0 radical (unpaired) electrons. The number of carbonyl (C=O) groups excluding carboxylic acids is 1. The molecule has 5 aliphatic rings. The second-order valence-electron chi connectivity index (χ2n) is 6.59. The van der Waals surface area contributed by atoms with Crippen LogP contribution in [0, 0.1) is 17.8 Å². The highest BCUT2D eigenvalue weighted by atomic mass is 16.1. The first kappa shape index (κ1) is 11.7. The summed E-state index contributed by atoms with van der Waals surface area (Å²) in [7, 11) is 0. The minimum atomic E-state index is 0.216. The number of hydrogen-bond acceptors (Lipinski definition) is 2. The van der Waals surface area contributed by atoms with Gasteiger partial charge in [-0.05, 0) is 56.6 Å². The van der Waals surface area contributed by atoms with Crippen LogP contribution in [0.5, 0.6) is 0 Å². The maximum atomic E-state index is 11.7. The van der Waals surface area contributed by atoms with Gasteiger partial charge in [0.25, 0.3) is 0 Å². The molecule has 4 atom stereocenters. The smallest absolute Gasteiger partial charge is 0.224 e. The number of allylic oxidation sites excluding steroid dienone is 2. The predicted molar refractivity (Wildman–Crippen MR) is 74.3 cm³/mol. The maximum absolute atomic E-state index is 11.7. The van der Waals surface area contributed by atoms with E-state index in [-0.39, 0.29) is 5.91 Å². The van der Waals surface area contributed by atoms with Crippen molar-refractivity contribution in [1.82, 2.24) is 10.6 Å². The van der Waals surface area contributed by atoms with Crippen LogP contribution in [0.1, 0.15) is 39.0 Å². The third-order valence-corrected chi connectivity index (χ3v) is 5.55. The van der Waals surface area contributed by atoms with Crippen LogP contribution in [0.25, 0.3) is 0 Å². The zero-order valence-electron chi connectivity index (χ0n) is 11.5. The van der Waals surface area contributed by atoms with Crippen molar-refractivity contribution < 1.29 is 4.79 Å². The summed E-state index contributed by atoms with van der Waals surface area (Å²) in [6, 6.07) is 0.617. The highest BCUT2D eigenvalue weighted by Crippen LogP contribution is 2.48. The van der Waals surface area contributed by atoms with Crippen LogP contribution >= 0.6 is 0 Å². The number of carbonyl (C=O) groups is 1. The van der Waals surface area contributed by atoms with E-state index in [1.165, 1.54) is 29.7 Å². The summed E-state index contributed by atoms with van der Waals surface area (Å²) >= 11 is 0. The van der Waals surface area contributed by atoms with Crippen LogP contribution in [0.15, 0.2) is 22.9 Å². The molecule has 19 heavy (non-hydrogen) atoms. The Morgan fingerprint density at radius 3 is 3.11 bits per heavy atom. The molecular weight excluding hydrogens is 236 g/mol. The van der Waals surface area contributed by atoms with Gasteiger partial charge < -0.3 is 10.6 Å². The first-order chi connectivity index (χ1) is 9.24. The molecule has 1 unspecified atom stereocenters. The summed E-state index contributed by atoms with van der Waals surface area (Å²) < 4.78 is 0. The second-order valence-corrected chi connectivity index (χ2v) is 6.59. The van der Waals surface area contributed by atoms with Gasteiger partial charge in [-0.1, -0.05) is 11.6 Å². The molecule has 2 bridgehead atoms. The molecule has 0 aromatic heterocycles. The summed E-state index contributed by atoms with van der Waals surface area (Å²) in [5, 5.41) is 6.95. The number of hydrogen-bond donors (Lipinski definition) is 2. The first-order valence-corrected chi connectivity index (χ1v) is 7.67. The molecule has 0 spiro atoms. The largest absolute Gasteiger partial charge is 0.330 e. The van der Waals surface area contributed by atoms with E-state index in [1.807, 2.05) is 0 Å². The van der Waals surface area contributed by atoms with Gasteiger partial charge in [-0.2, -0.15) is 0 Å². The van der Waals surface area contributed by atoms with Crippen LogP contribution in [0.4, 0.5) is 0 Å². The first-order valence-electron chi connectivity index (χ1n) is 7.67. The zero-order valence-corrected chi connectivity index (χ0v) is 11.5. The van der Waals surface area contributed by atoms with Gasteiger partial charge in [-0.3, -0.25) is 4.79 Å². The molecule has 1 fully saturated rings. The summed E-state index contributed by atoms with van der Waals surface area (Å²) in [6.07, 6.45) is 7.84. The fourth-order valence-electron chi connectivity index (χ4n) is 4.80. The van der Waals surface area contributed by atoms with E-state index in [9.17, 15) is 4.79 Å². The Labute approximate surface area is 114 Å². The highest BCUT2D eigenvalue weighted by Gasteiger charge is 2.45. The van der Waals surface area contributed by atoms with Crippen molar-refractivity contribution in [2.45, 2.75) is 45.1 Å². The minimum absolute atomic E-state index is 0.216. The Kier molecular flexibility index (Phi) is 2.59. The lowest BCUT2D eigenvalue weighted by Gasteiger charge is -2.44. The van der Waals surface area contributed by atoms with Crippen molar-refractivity contribution in [2.75, 3.05) is 6.54 Å². The molecule has 0 aromatic carbocycles. The van der Waals surface area contributed by atoms with Crippen molar-refractivity contribution in [3.05, 3.63) is 22.9 Å². The Morgan fingerprint density at radius 2 is 2.21 bits per heavy atom. The zero-order chi connectivity index (χ0) is 13.0. The normalized spacial score (nSPS) is 41.1. The van der Waals surface area contributed by atoms with E-state index in [0.29, 0.717) is 24.3 Å². The van der Waals surface area contributed by atoms with Gasteiger partial charge in [0, 0.05) is 24.1 Å². The number of piperidine rings is 1. The van der Waals surface area contributed by atoms with Gasteiger partial charge in [0.05, 0.1) is 0 Å². The van der Waals surface area contributed by atoms with Crippen molar-refractivity contribution in [3.63, 3.8) is 0 Å². The molecule has 5 rings (SSSR count). The number of nitrogens with one attached hydrogen (secondary N) is 2. The SMILES string of the molecule is CC1=C[C@H]2CC3=C(CCC(=O)N3)C1[C@H]1NCCC[C@H]12. The molecule has 3 nitrogen and oxygen atoms in total. The molecule has 3 heteroatoms. The molecule has 3 aliphatic carbocycles. The number of amides is 1. The summed E-state index contributed by atoms with van der Waals surface area (Å²) in [5.74, 6) is 2.15. The summed E-state index contributed by atoms with van der Waals surface area (Å²) in [5.41, 5.74) is 4.31. The van der Waals surface area contributed by atoms with Crippen LogP contribution in [0.3, 0.4) is 0 Å². The quantitative estimate of drug-likeness (QED) is 0.653. The van der Waals surface area contributed by atoms with Gasteiger partial charge in [0.2, 0.25) is 5.91 Å². The third kappa shape index (κ3) is 1.71. The van der Waals surface area contributed by atoms with Crippen LogP contribution in [-0.2, 0) is 4.79 Å². The molecule has 1 saturated heterocycles. The van der Waals surface area contributed by atoms with E-state index < -0.39 is 0 Å². The Balaban J connectivity index is 1.79. The standard InChI is InChI=1S/C16H22N2O/c1-9-7-10-8-13-12(4-5-14(19)18-13)15(9)16-11(10)3-2-6-17-16/h7,10-11,15-17H,2-6,8H2,1H3,(H,18,19)/t10-,11-,15?,16-/m0/s1. The number of rotatable bonds is 0. The average molecular weight is 258 g/mol. The fourth-order valence-corrected chi connectivity index (χ4v) is 4.80. The Hall–Kier alpha value is -1.09. The van der Waals surface area contributed by atoms with E-state index in [0.717, 1.165) is 25.3 Å². The predicted octanol–water partition coefficient (Wildman–Crippen LogP) is 2.11.